The van der Waals surface area contributed by atoms with Gasteiger partial charge in [0.2, 0.25) is 11.8 Å². The van der Waals surface area contributed by atoms with E-state index in [9.17, 15) is 9.59 Å². The van der Waals surface area contributed by atoms with Crippen LogP contribution in [0.5, 0.6) is 0 Å². The summed E-state index contributed by atoms with van der Waals surface area (Å²) in [5.74, 6) is 0.648. The van der Waals surface area contributed by atoms with Crippen molar-refractivity contribution in [3.63, 3.8) is 0 Å². The normalized spacial score (nSPS) is 24.9. The van der Waals surface area contributed by atoms with Gasteiger partial charge in [-0.2, -0.15) is 0 Å². The van der Waals surface area contributed by atoms with Gasteiger partial charge in [0.05, 0.1) is 6.54 Å². The summed E-state index contributed by atoms with van der Waals surface area (Å²) in [5, 5.41) is 8.72. The summed E-state index contributed by atoms with van der Waals surface area (Å²) >= 11 is 0. The molecule has 0 radical (unpaired) electrons. The fraction of sp³-hybridized carbons (Fsp3) is 0.833. The van der Waals surface area contributed by atoms with Crippen molar-refractivity contribution in [1.29, 1.82) is 0 Å². The van der Waals surface area contributed by atoms with Crippen LogP contribution in [0.15, 0.2) is 0 Å². The lowest BCUT2D eigenvalue weighted by molar-refractivity contribution is -0.128. The largest absolute Gasteiger partial charge is 0.354 e. The Balaban J connectivity index is 1.66. The van der Waals surface area contributed by atoms with E-state index in [2.05, 4.69) is 16.0 Å². The van der Waals surface area contributed by atoms with Gasteiger partial charge in [-0.15, -0.1) is 0 Å². The zero-order valence-corrected chi connectivity index (χ0v) is 10.1. The van der Waals surface area contributed by atoms with Crippen molar-refractivity contribution < 1.29 is 9.59 Å². The molecule has 0 aromatic rings. The number of hydrogen-bond donors (Lipinski definition) is 3. The third-order valence-corrected chi connectivity index (χ3v) is 3.29. The molecule has 1 saturated carbocycles. The van der Waals surface area contributed by atoms with Gasteiger partial charge in [-0.05, 0) is 44.6 Å². The molecule has 1 atom stereocenters. The van der Waals surface area contributed by atoms with Gasteiger partial charge in [-0.3, -0.25) is 9.59 Å². The van der Waals surface area contributed by atoms with E-state index in [4.69, 9.17) is 0 Å². The number of amides is 2. The first-order valence-electron chi connectivity index (χ1n) is 6.53. The standard InChI is InChI=1S/C12H21N3O2/c16-11(8-13-7-9-4-5-9)15-10-3-1-2-6-14-12(10)17/h9-10,13H,1-8H2,(H,14,17)(H,15,16). The molecule has 0 spiro atoms. The van der Waals surface area contributed by atoms with Crippen molar-refractivity contribution in [1.82, 2.24) is 16.0 Å². The summed E-state index contributed by atoms with van der Waals surface area (Å²) in [6.07, 6.45) is 5.29. The first-order valence-corrected chi connectivity index (χ1v) is 6.53. The molecule has 1 unspecified atom stereocenters. The minimum atomic E-state index is -0.340. The SMILES string of the molecule is O=C(CNCC1CC1)NC1CCCCNC1=O. The van der Waals surface area contributed by atoms with E-state index in [1.54, 1.807) is 0 Å². The van der Waals surface area contributed by atoms with Crippen LogP contribution in [0.2, 0.25) is 0 Å². The number of rotatable bonds is 5. The Hall–Kier alpha value is -1.10. The van der Waals surface area contributed by atoms with Crippen LogP contribution in [0.4, 0.5) is 0 Å². The van der Waals surface area contributed by atoms with E-state index in [0.717, 1.165) is 38.3 Å². The lowest BCUT2D eigenvalue weighted by atomic mass is 10.1. The van der Waals surface area contributed by atoms with Crippen LogP contribution in [-0.2, 0) is 9.59 Å². The lowest BCUT2D eigenvalue weighted by Gasteiger charge is -2.15. The van der Waals surface area contributed by atoms with Gasteiger partial charge in [-0.25, -0.2) is 0 Å². The summed E-state index contributed by atoms with van der Waals surface area (Å²) in [7, 11) is 0. The van der Waals surface area contributed by atoms with Crippen LogP contribution in [0, 0.1) is 5.92 Å². The van der Waals surface area contributed by atoms with Crippen LogP contribution >= 0.6 is 0 Å². The van der Waals surface area contributed by atoms with Crippen molar-refractivity contribution in [2.45, 2.75) is 38.1 Å². The minimum absolute atomic E-state index is 0.0435. The maximum Gasteiger partial charge on any atom is 0.242 e. The summed E-state index contributed by atoms with van der Waals surface area (Å²) in [4.78, 5) is 23.2. The molecule has 3 N–H and O–H groups in total. The molecule has 1 heterocycles. The highest BCUT2D eigenvalue weighted by Crippen LogP contribution is 2.27. The molecule has 2 rings (SSSR count). The first-order chi connectivity index (χ1) is 8.25. The number of hydrogen-bond acceptors (Lipinski definition) is 3. The minimum Gasteiger partial charge on any atom is -0.354 e. The van der Waals surface area contributed by atoms with Crippen LogP contribution in [0.3, 0.4) is 0 Å². The van der Waals surface area contributed by atoms with Gasteiger partial charge in [0.25, 0.3) is 0 Å². The maximum absolute atomic E-state index is 11.6. The van der Waals surface area contributed by atoms with E-state index >= 15 is 0 Å². The Labute approximate surface area is 102 Å². The average molecular weight is 239 g/mol. The molecule has 1 aliphatic carbocycles. The first kappa shape index (κ1) is 12.4. The molecular weight excluding hydrogens is 218 g/mol. The second kappa shape index (κ2) is 6.00. The van der Waals surface area contributed by atoms with Crippen LogP contribution in [0.25, 0.3) is 0 Å². The highest BCUT2D eigenvalue weighted by molar-refractivity contribution is 5.88. The highest BCUT2D eigenvalue weighted by atomic mass is 16.2. The van der Waals surface area contributed by atoms with Gasteiger partial charge >= 0.3 is 0 Å². The van der Waals surface area contributed by atoms with Crippen molar-refractivity contribution in [3.05, 3.63) is 0 Å². The topological polar surface area (TPSA) is 70.2 Å². The Kier molecular flexibility index (Phi) is 4.36. The van der Waals surface area contributed by atoms with E-state index in [0.29, 0.717) is 6.54 Å². The molecule has 0 bridgehead atoms. The fourth-order valence-electron chi connectivity index (χ4n) is 2.03. The molecule has 1 saturated heterocycles. The Morgan fingerprint density at radius 3 is 2.88 bits per heavy atom. The molecule has 2 fully saturated rings. The zero-order valence-electron chi connectivity index (χ0n) is 10.1. The summed E-state index contributed by atoms with van der Waals surface area (Å²) < 4.78 is 0. The summed E-state index contributed by atoms with van der Waals surface area (Å²) in [5.41, 5.74) is 0. The predicted molar refractivity (Wildman–Crippen MR) is 64.4 cm³/mol. The zero-order chi connectivity index (χ0) is 12.1. The second-order valence-electron chi connectivity index (χ2n) is 4.98. The number of carbonyl (C=O) groups is 2. The molecule has 0 aromatic carbocycles. The molecule has 0 aromatic heterocycles. The third kappa shape index (κ3) is 4.34. The van der Waals surface area contributed by atoms with E-state index in [1.807, 2.05) is 0 Å². The summed E-state index contributed by atoms with van der Waals surface area (Å²) in [6.45, 7) is 1.97. The molecule has 17 heavy (non-hydrogen) atoms. The van der Waals surface area contributed by atoms with Gasteiger partial charge < -0.3 is 16.0 Å². The highest BCUT2D eigenvalue weighted by Gasteiger charge is 2.23. The predicted octanol–water partition coefficient (Wildman–Crippen LogP) is -0.229. The smallest absolute Gasteiger partial charge is 0.242 e. The van der Waals surface area contributed by atoms with Crippen molar-refractivity contribution in [2.75, 3.05) is 19.6 Å². The van der Waals surface area contributed by atoms with Crippen LogP contribution < -0.4 is 16.0 Å². The van der Waals surface area contributed by atoms with Crippen molar-refractivity contribution in [2.24, 2.45) is 5.92 Å². The fourth-order valence-corrected chi connectivity index (χ4v) is 2.03. The molecule has 2 aliphatic rings. The molecule has 2 amide bonds. The lowest BCUT2D eigenvalue weighted by Crippen LogP contribution is -2.48. The van der Waals surface area contributed by atoms with Gasteiger partial charge in [0.15, 0.2) is 0 Å². The van der Waals surface area contributed by atoms with Crippen LogP contribution in [-0.4, -0.2) is 37.5 Å². The van der Waals surface area contributed by atoms with Crippen LogP contribution in [0.1, 0.15) is 32.1 Å². The quantitative estimate of drug-likeness (QED) is 0.621. The van der Waals surface area contributed by atoms with E-state index < -0.39 is 0 Å². The number of nitrogens with one attached hydrogen (secondary N) is 3. The Morgan fingerprint density at radius 1 is 1.29 bits per heavy atom. The molecule has 5 nitrogen and oxygen atoms in total. The molecule has 1 aliphatic heterocycles. The van der Waals surface area contributed by atoms with Crippen molar-refractivity contribution >= 4 is 11.8 Å². The third-order valence-electron chi connectivity index (χ3n) is 3.29. The Bertz CT molecular complexity index is 289. The molecule has 5 heteroatoms. The monoisotopic (exact) mass is 239 g/mol. The van der Waals surface area contributed by atoms with Gasteiger partial charge in [0, 0.05) is 6.54 Å². The van der Waals surface area contributed by atoms with Gasteiger partial charge in [-0.1, -0.05) is 0 Å². The Morgan fingerprint density at radius 2 is 2.12 bits per heavy atom. The van der Waals surface area contributed by atoms with Crippen molar-refractivity contribution in [3.8, 4) is 0 Å². The molecular formula is C12H21N3O2. The average Bonchev–Trinajstić information content (AvgIpc) is 3.10. The van der Waals surface area contributed by atoms with E-state index in [-0.39, 0.29) is 17.9 Å². The number of carbonyl (C=O) groups excluding carboxylic acids is 2. The molecule has 96 valence electrons. The summed E-state index contributed by atoms with van der Waals surface area (Å²) in [6, 6.07) is -0.340. The van der Waals surface area contributed by atoms with E-state index in [1.165, 1.54) is 12.8 Å². The van der Waals surface area contributed by atoms with Gasteiger partial charge in [0.1, 0.15) is 6.04 Å². The maximum atomic E-state index is 11.6. The second-order valence-corrected chi connectivity index (χ2v) is 4.98.